The van der Waals surface area contributed by atoms with Gasteiger partial charge in [0.05, 0.1) is 29.9 Å². The third kappa shape index (κ3) is 4.14. The summed E-state index contributed by atoms with van der Waals surface area (Å²) in [6, 6.07) is 0.501. The number of morpholine rings is 1. The number of aliphatic carboxylic acids is 2. The highest BCUT2D eigenvalue weighted by Gasteiger charge is 2.37. The molecular formula is C18H20FN3O7. The fourth-order valence-corrected chi connectivity index (χ4v) is 3.43. The Labute approximate surface area is 164 Å². The van der Waals surface area contributed by atoms with Crippen molar-refractivity contribution in [3.05, 3.63) is 39.3 Å². The van der Waals surface area contributed by atoms with Gasteiger partial charge in [0.15, 0.2) is 11.4 Å². The van der Waals surface area contributed by atoms with Crippen molar-refractivity contribution < 1.29 is 33.9 Å². The number of nitro benzene ring substituents is 1. The molecule has 29 heavy (non-hydrogen) atoms. The van der Waals surface area contributed by atoms with Crippen LogP contribution in [0.15, 0.2) is 17.8 Å². The normalized spacial score (nSPS) is 16.3. The van der Waals surface area contributed by atoms with Crippen LogP contribution in [0.1, 0.15) is 18.4 Å². The number of nitro groups is 1. The van der Waals surface area contributed by atoms with Gasteiger partial charge in [-0.1, -0.05) is 0 Å². The molecule has 0 radical (unpaired) electrons. The lowest BCUT2D eigenvalue weighted by Gasteiger charge is -2.32. The molecule has 0 aromatic heterocycles. The van der Waals surface area contributed by atoms with E-state index in [1.165, 1.54) is 11.8 Å². The first-order valence-electron chi connectivity index (χ1n) is 8.99. The van der Waals surface area contributed by atoms with Crippen molar-refractivity contribution in [3.8, 4) is 0 Å². The maximum absolute atomic E-state index is 14.8. The van der Waals surface area contributed by atoms with E-state index in [9.17, 15) is 34.3 Å². The van der Waals surface area contributed by atoms with Gasteiger partial charge in [0.25, 0.3) is 5.69 Å². The molecular weight excluding hydrogens is 389 g/mol. The summed E-state index contributed by atoms with van der Waals surface area (Å²) in [6.07, 6.45) is 2.09. The van der Waals surface area contributed by atoms with E-state index in [1.807, 2.05) is 0 Å². The van der Waals surface area contributed by atoms with Crippen LogP contribution >= 0.6 is 0 Å². The van der Waals surface area contributed by atoms with Crippen molar-refractivity contribution in [1.29, 1.82) is 0 Å². The van der Waals surface area contributed by atoms with Crippen LogP contribution in [0.5, 0.6) is 0 Å². The van der Waals surface area contributed by atoms with Crippen LogP contribution in [0, 0.1) is 22.9 Å². The number of carboxylic acids is 2. The fourth-order valence-electron chi connectivity index (χ4n) is 3.43. The van der Waals surface area contributed by atoms with Gasteiger partial charge in [0.1, 0.15) is 5.69 Å². The van der Waals surface area contributed by atoms with Crippen LogP contribution in [0.2, 0.25) is 0 Å². The number of carboxylic acid groups (broad SMARTS) is 2. The Hall–Kier alpha value is -3.21. The highest BCUT2D eigenvalue weighted by molar-refractivity contribution is 6.12. The van der Waals surface area contributed by atoms with Gasteiger partial charge in [0, 0.05) is 30.9 Å². The van der Waals surface area contributed by atoms with Crippen LogP contribution in [-0.4, -0.2) is 59.4 Å². The first kappa shape index (κ1) is 20.5. The monoisotopic (exact) mass is 409 g/mol. The molecule has 10 nitrogen and oxygen atoms in total. The Morgan fingerprint density at radius 3 is 2.38 bits per heavy atom. The first-order valence-corrected chi connectivity index (χ1v) is 8.99. The van der Waals surface area contributed by atoms with Gasteiger partial charge >= 0.3 is 11.9 Å². The molecule has 0 bridgehead atoms. The van der Waals surface area contributed by atoms with Gasteiger partial charge in [-0.05, 0) is 19.8 Å². The van der Waals surface area contributed by atoms with Crippen molar-refractivity contribution in [1.82, 2.24) is 0 Å². The SMILES string of the molecule is Cc1c(N2CCOCC2)c(F)cc([N+](=O)[O-])c1N(C=C(C(=O)O)C(=O)O)C1CC1. The average molecular weight is 409 g/mol. The quantitative estimate of drug-likeness (QED) is 0.228. The van der Waals surface area contributed by atoms with Gasteiger partial charge in [0.2, 0.25) is 0 Å². The minimum Gasteiger partial charge on any atom is -0.477 e. The number of hydrogen-bond acceptors (Lipinski definition) is 7. The number of ether oxygens (including phenoxy) is 1. The van der Waals surface area contributed by atoms with Crippen molar-refractivity contribution in [2.24, 2.45) is 0 Å². The maximum atomic E-state index is 14.8. The van der Waals surface area contributed by atoms with Crippen LogP contribution in [0.3, 0.4) is 0 Å². The molecule has 3 rings (SSSR count). The number of anilines is 2. The zero-order chi connectivity index (χ0) is 21.3. The van der Waals surface area contributed by atoms with Crippen molar-refractivity contribution in [3.63, 3.8) is 0 Å². The summed E-state index contributed by atoms with van der Waals surface area (Å²) in [5, 5.41) is 30.0. The third-order valence-electron chi connectivity index (χ3n) is 4.89. The van der Waals surface area contributed by atoms with Crippen molar-refractivity contribution >= 4 is 29.0 Å². The predicted molar refractivity (Wildman–Crippen MR) is 99.7 cm³/mol. The van der Waals surface area contributed by atoms with Crippen LogP contribution < -0.4 is 9.80 Å². The van der Waals surface area contributed by atoms with Crippen LogP contribution in [-0.2, 0) is 14.3 Å². The summed E-state index contributed by atoms with van der Waals surface area (Å²) in [5.41, 5.74) is -1.06. The van der Waals surface area contributed by atoms with E-state index in [-0.39, 0.29) is 23.0 Å². The lowest BCUT2D eigenvalue weighted by atomic mass is 10.1. The summed E-state index contributed by atoms with van der Waals surface area (Å²) in [6.45, 7) is 3.05. The Morgan fingerprint density at radius 1 is 1.31 bits per heavy atom. The Morgan fingerprint density at radius 2 is 1.90 bits per heavy atom. The number of carbonyl (C=O) groups is 2. The summed E-state index contributed by atoms with van der Waals surface area (Å²) in [7, 11) is 0. The molecule has 2 N–H and O–H groups in total. The zero-order valence-electron chi connectivity index (χ0n) is 15.6. The molecule has 0 spiro atoms. The average Bonchev–Trinajstić information content (AvgIpc) is 3.48. The number of benzene rings is 1. The van der Waals surface area contributed by atoms with E-state index in [4.69, 9.17) is 4.74 Å². The highest BCUT2D eigenvalue weighted by atomic mass is 19.1. The lowest BCUT2D eigenvalue weighted by Crippen LogP contribution is -2.37. The number of halogens is 1. The van der Waals surface area contributed by atoms with E-state index in [0.29, 0.717) is 39.1 Å². The fraction of sp³-hybridized carbons (Fsp3) is 0.444. The van der Waals surface area contributed by atoms with Crippen LogP contribution in [0.25, 0.3) is 0 Å². The van der Waals surface area contributed by atoms with E-state index in [0.717, 1.165) is 12.3 Å². The summed E-state index contributed by atoms with van der Waals surface area (Å²) >= 11 is 0. The molecule has 156 valence electrons. The molecule has 0 atom stereocenters. The molecule has 11 heteroatoms. The Balaban J connectivity index is 2.21. The van der Waals surface area contributed by atoms with Gasteiger partial charge in [-0.15, -0.1) is 0 Å². The summed E-state index contributed by atoms with van der Waals surface area (Å²) in [4.78, 5) is 36.6. The second-order valence-electron chi connectivity index (χ2n) is 6.85. The Kier molecular flexibility index (Phi) is 5.69. The van der Waals surface area contributed by atoms with E-state index >= 15 is 0 Å². The second-order valence-corrected chi connectivity index (χ2v) is 6.85. The molecule has 1 aromatic carbocycles. The maximum Gasteiger partial charge on any atom is 0.344 e. The molecule has 1 heterocycles. The molecule has 2 aliphatic rings. The second kappa shape index (κ2) is 8.03. The molecule has 0 amide bonds. The van der Waals surface area contributed by atoms with Crippen LogP contribution in [0.4, 0.5) is 21.5 Å². The lowest BCUT2D eigenvalue weighted by molar-refractivity contribution is -0.384. The summed E-state index contributed by atoms with van der Waals surface area (Å²) in [5.74, 6) is -4.10. The molecule has 1 aliphatic carbocycles. The summed E-state index contributed by atoms with van der Waals surface area (Å²) < 4.78 is 20.1. The van der Waals surface area contributed by atoms with Crippen molar-refractivity contribution in [2.75, 3.05) is 36.1 Å². The standard InChI is InChI=1S/C18H20FN3O7/c1-10-15(20-4-6-29-7-5-20)13(19)8-14(22(27)28)16(10)21(11-2-3-11)9-12(17(23)24)18(25)26/h8-9,11H,2-7H2,1H3,(H,23,24)(H,25,26). The van der Waals surface area contributed by atoms with E-state index < -0.39 is 33.9 Å². The van der Waals surface area contributed by atoms with Crippen molar-refractivity contribution in [2.45, 2.75) is 25.8 Å². The largest absolute Gasteiger partial charge is 0.477 e. The third-order valence-corrected chi connectivity index (χ3v) is 4.89. The Bertz CT molecular complexity index is 876. The number of hydrogen-bond donors (Lipinski definition) is 2. The molecule has 1 saturated heterocycles. The van der Waals surface area contributed by atoms with Gasteiger partial charge in [-0.2, -0.15) is 0 Å². The molecule has 1 aromatic rings. The molecule has 1 aliphatic heterocycles. The van der Waals surface area contributed by atoms with Gasteiger partial charge in [-0.3, -0.25) is 10.1 Å². The topological polar surface area (TPSA) is 133 Å². The minimum atomic E-state index is -1.67. The molecule has 2 fully saturated rings. The number of rotatable bonds is 7. The number of nitrogens with zero attached hydrogens (tertiary/aromatic N) is 3. The van der Waals surface area contributed by atoms with Gasteiger partial charge < -0.3 is 24.7 Å². The predicted octanol–water partition coefficient (Wildman–Crippen LogP) is 1.90. The first-order chi connectivity index (χ1) is 13.7. The molecule has 0 unspecified atom stereocenters. The van der Waals surface area contributed by atoms with E-state index in [2.05, 4.69) is 0 Å². The zero-order valence-corrected chi connectivity index (χ0v) is 15.6. The van der Waals surface area contributed by atoms with Gasteiger partial charge in [-0.25, -0.2) is 14.0 Å². The minimum absolute atomic E-state index is 0.000363. The smallest absolute Gasteiger partial charge is 0.344 e. The highest BCUT2D eigenvalue weighted by Crippen LogP contribution is 2.44. The molecule has 1 saturated carbocycles. The van der Waals surface area contributed by atoms with E-state index in [1.54, 1.807) is 4.90 Å².